The molecule has 0 saturated heterocycles. The normalized spacial score (nSPS) is 12.0. The maximum absolute atomic E-state index is 11.5. The maximum atomic E-state index is 11.5. The van der Waals surface area contributed by atoms with Crippen molar-refractivity contribution in [3.63, 3.8) is 0 Å². The minimum Gasteiger partial charge on any atom is -0.465 e. The highest BCUT2D eigenvalue weighted by Gasteiger charge is 2.17. The molecule has 0 aliphatic carbocycles. The minimum absolute atomic E-state index is 0.135. The first-order chi connectivity index (χ1) is 8.99. The van der Waals surface area contributed by atoms with Gasteiger partial charge < -0.3 is 24.9 Å². The zero-order chi connectivity index (χ0) is 14.4. The average molecular weight is 270 g/mol. The van der Waals surface area contributed by atoms with E-state index in [1.54, 1.807) is 6.92 Å². The van der Waals surface area contributed by atoms with Gasteiger partial charge in [-0.2, -0.15) is 0 Å². The van der Waals surface area contributed by atoms with E-state index in [-0.39, 0.29) is 19.1 Å². The van der Waals surface area contributed by atoms with Crippen molar-refractivity contribution in [2.75, 3.05) is 20.8 Å². The van der Waals surface area contributed by atoms with Crippen LogP contribution in [0.5, 0.6) is 0 Å². The van der Waals surface area contributed by atoms with Crippen LogP contribution >= 0.6 is 0 Å². The number of hydrogen-bond donors (Lipinski definition) is 2. The highest BCUT2D eigenvalue weighted by Crippen LogP contribution is 2.15. The van der Waals surface area contributed by atoms with Gasteiger partial charge in [-0.25, -0.2) is 4.79 Å². The Morgan fingerprint density at radius 1 is 1.47 bits per heavy atom. The largest absolute Gasteiger partial charge is 0.465 e. The summed E-state index contributed by atoms with van der Waals surface area (Å²) in [6, 6.07) is 0.796. The van der Waals surface area contributed by atoms with Crippen molar-refractivity contribution in [3.8, 4) is 0 Å². The number of nitrogens with one attached hydrogen (secondary N) is 1. The summed E-state index contributed by atoms with van der Waals surface area (Å²) in [6.45, 7) is 1.93. The zero-order valence-corrected chi connectivity index (χ0v) is 11.2. The van der Waals surface area contributed by atoms with Crippen molar-refractivity contribution in [2.24, 2.45) is 5.73 Å². The number of carbonyl (C=O) groups excluding carboxylic acids is 2. The monoisotopic (exact) mass is 270 g/mol. The van der Waals surface area contributed by atoms with E-state index < -0.39 is 12.0 Å². The molecule has 0 radical (unpaired) electrons. The molecule has 0 aliphatic rings. The molecule has 0 fully saturated rings. The number of carbonyl (C=O) groups is 2. The van der Waals surface area contributed by atoms with Crippen molar-refractivity contribution < 1.29 is 23.5 Å². The van der Waals surface area contributed by atoms with Crippen LogP contribution in [0, 0.1) is 6.92 Å². The van der Waals surface area contributed by atoms with Crippen molar-refractivity contribution in [1.29, 1.82) is 0 Å². The van der Waals surface area contributed by atoms with Gasteiger partial charge in [0.25, 0.3) is 0 Å². The molecular formula is C12H18N2O5. The molecule has 7 heteroatoms. The molecule has 3 N–H and O–H groups in total. The third kappa shape index (κ3) is 4.08. The summed E-state index contributed by atoms with van der Waals surface area (Å²) in [6.07, 6.45) is 0. The van der Waals surface area contributed by atoms with E-state index in [1.165, 1.54) is 20.3 Å². The van der Waals surface area contributed by atoms with Gasteiger partial charge in [0.05, 0.1) is 20.3 Å². The molecule has 1 amide bonds. The van der Waals surface area contributed by atoms with E-state index in [0.717, 1.165) is 0 Å². The molecular weight excluding hydrogens is 252 g/mol. The molecule has 0 saturated carbocycles. The number of aryl methyl sites for hydroxylation is 1. The van der Waals surface area contributed by atoms with Gasteiger partial charge in [0.1, 0.15) is 23.1 Å². The molecule has 1 unspecified atom stereocenters. The average Bonchev–Trinajstić information content (AvgIpc) is 2.76. The lowest BCUT2D eigenvalue weighted by Crippen LogP contribution is -2.43. The summed E-state index contributed by atoms with van der Waals surface area (Å²) in [5.41, 5.74) is 5.90. The van der Waals surface area contributed by atoms with Gasteiger partial charge in [-0.3, -0.25) is 4.79 Å². The van der Waals surface area contributed by atoms with Crippen LogP contribution in [0.3, 0.4) is 0 Å². The topological polar surface area (TPSA) is 104 Å². The van der Waals surface area contributed by atoms with Crippen LogP contribution < -0.4 is 11.1 Å². The van der Waals surface area contributed by atoms with Crippen LogP contribution in [0.25, 0.3) is 0 Å². The molecule has 1 heterocycles. The Bertz CT molecular complexity index is 455. The van der Waals surface area contributed by atoms with Gasteiger partial charge >= 0.3 is 5.97 Å². The lowest BCUT2D eigenvalue weighted by atomic mass is 10.2. The predicted molar refractivity (Wildman–Crippen MR) is 66.5 cm³/mol. The summed E-state index contributed by atoms with van der Waals surface area (Å²) >= 11 is 0. The smallest absolute Gasteiger partial charge is 0.341 e. The van der Waals surface area contributed by atoms with Crippen LogP contribution in [0.2, 0.25) is 0 Å². The van der Waals surface area contributed by atoms with Gasteiger partial charge in [-0.1, -0.05) is 0 Å². The molecule has 0 aromatic carbocycles. The molecule has 19 heavy (non-hydrogen) atoms. The number of amides is 1. The van der Waals surface area contributed by atoms with Gasteiger partial charge in [0.2, 0.25) is 5.91 Å². The number of furan rings is 1. The van der Waals surface area contributed by atoms with E-state index in [9.17, 15) is 9.59 Å². The van der Waals surface area contributed by atoms with Crippen LogP contribution in [0.4, 0.5) is 0 Å². The number of ether oxygens (including phenoxy) is 2. The second-order valence-corrected chi connectivity index (χ2v) is 3.95. The molecule has 1 atom stereocenters. The zero-order valence-electron chi connectivity index (χ0n) is 11.2. The van der Waals surface area contributed by atoms with E-state index in [0.29, 0.717) is 17.1 Å². The fourth-order valence-corrected chi connectivity index (χ4v) is 1.50. The number of methoxy groups -OCH3 is 2. The third-order valence-corrected chi connectivity index (χ3v) is 2.49. The van der Waals surface area contributed by atoms with Crippen molar-refractivity contribution in [2.45, 2.75) is 19.5 Å². The van der Waals surface area contributed by atoms with Crippen LogP contribution in [-0.4, -0.2) is 38.7 Å². The Hall–Kier alpha value is -1.86. The lowest BCUT2D eigenvalue weighted by Gasteiger charge is -2.09. The number of esters is 1. The van der Waals surface area contributed by atoms with E-state index in [2.05, 4.69) is 10.1 Å². The first-order valence-electron chi connectivity index (χ1n) is 5.69. The van der Waals surface area contributed by atoms with Crippen LogP contribution in [-0.2, 0) is 20.8 Å². The summed E-state index contributed by atoms with van der Waals surface area (Å²) in [5, 5.41) is 2.59. The maximum Gasteiger partial charge on any atom is 0.341 e. The van der Waals surface area contributed by atoms with Gasteiger partial charge in [0.15, 0.2) is 0 Å². The highest BCUT2D eigenvalue weighted by atomic mass is 16.5. The minimum atomic E-state index is -0.735. The number of hydrogen-bond acceptors (Lipinski definition) is 6. The van der Waals surface area contributed by atoms with Gasteiger partial charge in [-0.05, 0) is 13.0 Å². The molecule has 1 aromatic rings. The fraction of sp³-hybridized carbons (Fsp3) is 0.500. The summed E-state index contributed by atoms with van der Waals surface area (Å²) < 4.78 is 14.7. The second kappa shape index (κ2) is 6.91. The van der Waals surface area contributed by atoms with Crippen molar-refractivity contribution >= 4 is 11.9 Å². The van der Waals surface area contributed by atoms with Gasteiger partial charge in [-0.15, -0.1) is 0 Å². The molecule has 1 rings (SSSR count). The van der Waals surface area contributed by atoms with Gasteiger partial charge in [0, 0.05) is 7.11 Å². The Kier molecular flexibility index (Phi) is 5.53. The van der Waals surface area contributed by atoms with E-state index in [1.807, 2.05) is 0 Å². The number of nitrogens with two attached hydrogens (primary N) is 1. The molecule has 0 bridgehead atoms. The summed E-state index contributed by atoms with van der Waals surface area (Å²) in [4.78, 5) is 22.9. The van der Waals surface area contributed by atoms with E-state index in [4.69, 9.17) is 14.9 Å². The van der Waals surface area contributed by atoms with Crippen molar-refractivity contribution in [3.05, 3.63) is 23.2 Å². The molecule has 0 spiro atoms. The van der Waals surface area contributed by atoms with E-state index >= 15 is 0 Å². The molecule has 0 aliphatic heterocycles. The Morgan fingerprint density at radius 3 is 2.74 bits per heavy atom. The predicted octanol–water partition coefficient (Wildman–Crippen LogP) is -0.0355. The Labute approximate surface area is 111 Å². The molecule has 1 aromatic heterocycles. The van der Waals surface area contributed by atoms with Crippen LogP contribution in [0.15, 0.2) is 10.5 Å². The second-order valence-electron chi connectivity index (χ2n) is 3.95. The molecule has 106 valence electrons. The highest BCUT2D eigenvalue weighted by molar-refractivity contribution is 5.90. The Morgan fingerprint density at radius 2 is 2.16 bits per heavy atom. The standard InChI is InChI=1S/C12H18N2O5/c1-7-9(12(16)18-3)4-8(19-7)5-14-11(15)10(13)6-17-2/h4,10H,5-6,13H2,1-3H3,(H,14,15). The third-order valence-electron chi connectivity index (χ3n) is 2.49. The van der Waals surface area contributed by atoms with Crippen LogP contribution in [0.1, 0.15) is 21.9 Å². The Balaban J connectivity index is 2.59. The summed E-state index contributed by atoms with van der Waals surface area (Å²) in [7, 11) is 2.76. The lowest BCUT2D eigenvalue weighted by molar-refractivity contribution is -0.123. The fourth-order valence-electron chi connectivity index (χ4n) is 1.50. The number of rotatable bonds is 6. The SMILES string of the molecule is COCC(N)C(=O)NCc1cc(C(=O)OC)c(C)o1. The quantitative estimate of drug-likeness (QED) is 0.703. The molecule has 7 nitrogen and oxygen atoms in total. The first-order valence-corrected chi connectivity index (χ1v) is 5.69. The summed E-state index contributed by atoms with van der Waals surface area (Å²) in [5.74, 6) is 0.0681. The van der Waals surface area contributed by atoms with Crippen molar-refractivity contribution in [1.82, 2.24) is 5.32 Å². The first kappa shape index (κ1) is 15.2.